The van der Waals surface area contributed by atoms with E-state index in [1.807, 2.05) is 11.4 Å². The Morgan fingerprint density at radius 3 is 3.19 bits per heavy atom. The van der Waals surface area contributed by atoms with E-state index in [1.54, 1.807) is 11.3 Å². The van der Waals surface area contributed by atoms with Crippen molar-refractivity contribution in [2.45, 2.75) is 5.75 Å². The van der Waals surface area contributed by atoms with Gasteiger partial charge in [0, 0.05) is 16.2 Å². The first-order valence-electron chi connectivity index (χ1n) is 4.67. The highest BCUT2D eigenvalue weighted by atomic mass is 32.2. The van der Waals surface area contributed by atoms with Crippen LogP contribution in [0.1, 0.15) is 10.4 Å². The zero-order chi connectivity index (χ0) is 11.8. The number of rotatable bonds is 4. The summed E-state index contributed by atoms with van der Waals surface area (Å²) in [5, 5.41) is 1.99. The summed E-state index contributed by atoms with van der Waals surface area (Å²) >= 11 is 3.17. The van der Waals surface area contributed by atoms with Crippen LogP contribution in [0.5, 0.6) is 0 Å². The number of hydrogen-bond donors (Lipinski definition) is 1. The van der Waals surface area contributed by atoms with Crippen LogP contribution in [-0.4, -0.2) is 25.4 Å². The van der Waals surface area contributed by atoms with E-state index in [1.165, 1.54) is 23.7 Å². The molecule has 0 saturated carbocycles. The minimum atomic E-state index is -0.198. The van der Waals surface area contributed by atoms with Crippen LogP contribution >= 0.6 is 23.1 Å². The van der Waals surface area contributed by atoms with E-state index in [2.05, 4.69) is 16.6 Å². The molecule has 0 spiro atoms. The van der Waals surface area contributed by atoms with Gasteiger partial charge in [-0.15, -0.1) is 23.1 Å². The lowest BCUT2D eigenvalue weighted by Crippen LogP contribution is -2.03. The van der Waals surface area contributed by atoms with Crippen molar-refractivity contribution in [1.29, 1.82) is 0 Å². The molecular weight excluding hydrogens is 242 g/mol. The second-order valence-corrected chi connectivity index (χ2v) is 4.82. The number of methoxy groups -OCH3 is 1. The van der Waals surface area contributed by atoms with Crippen LogP contribution in [0.2, 0.25) is 0 Å². The number of thiophene rings is 1. The average molecular weight is 255 g/mol. The van der Waals surface area contributed by atoms with Crippen molar-refractivity contribution in [2.75, 3.05) is 19.4 Å². The Hall–Kier alpha value is -0.960. The van der Waals surface area contributed by atoms with Gasteiger partial charge in [0.15, 0.2) is 0 Å². The molecule has 0 aliphatic rings. The maximum atomic E-state index is 10.9. The molecule has 1 aromatic heterocycles. The van der Waals surface area contributed by atoms with Crippen molar-refractivity contribution >= 4 is 29.1 Å². The molecule has 86 valence electrons. The molecule has 0 aliphatic carbocycles. The van der Waals surface area contributed by atoms with Crippen molar-refractivity contribution in [3.05, 3.63) is 21.9 Å². The van der Waals surface area contributed by atoms with E-state index in [0.29, 0.717) is 12.3 Å². The highest BCUT2D eigenvalue weighted by Crippen LogP contribution is 2.21. The van der Waals surface area contributed by atoms with Crippen LogP contribution in [0.15, 0.2) is 11.4 Å². The summed E-state index contributed by atoms with van der Waals surface area (Å²) in [6.45, 7) is 0.366. The third-order valence-corrected chi connectivity index (χ3v) is 3.79. The lowest BCUT2D eigenvalue weighted by atomic mass is 10.3. The van der Waals surface area contributed by atoms with Gasteiger partial charge < -0.3 is 10.5 Å². The number of nitrogens with two attached hydrogens (primary N) is 1. The molecule has 1 aromatic rings. The molecule has 5 heteroatoms. The molecule has 16 heavy (non-hydrogen) atoms. The van der Waals surface area contributed by atoms with Gasteiger partial charge in [-0.2, -0.15) is 0 Å². The lowest BCUT2D eigenvalue weighted by Gasteiger charge is -1.99. The number of carbonyl (C=O) groups is 1. The Kier molecular flexibility index (Phi) is 6.01. The van der Waals surface area contributed by atoms with Gasteiger partial charge in [-0.25, -0.2) is 0 Å². The van der Waals surface area contributed by atoms with Crippen molar-refractivity contribution in [1.82, 2.24) is 0 Å². The second-order valence-electron chi connectivity index (χ2n) is 2.83. The van der Waals surface area contributed by atoms with Gasteiger partial charge in [0.2, 0.25) is 0 Å². The number of carbonyl (C=O) groups excluding carboxylic acids is 1. The van der Waals surface area contributed by atoms with Gasteiger partial charge in [-0.1, -0.05) is 11.8 Å². The summed E-state index contributed by atoms with van der Waals surface area (Å²) in [5.74, 6) is 6.79. The number of esters is 1. The van der Waals surface area contributed by atoms with Crippen LogP contribution in [0.25, 0.3) is 0 Å². The molecule has 0 atom stereocenters. The number of ether oxygens (including phenoxy) is 1. The predicted octanol–water partition coefficient (Wildman–Crippen LogP) is 1.46. The summed E-state index contributed by atoms with van der Waals surface area (Å²) in [6, 6.07) is 1.97. The summed E-state index contributed by atoms with van der Waals surface area (Å²) in [4.78, 5) is 12.1. The zero-order valence-corrected chi connectivity index (χ0v) is 10.6. The van der Waals surface area contributed by atoms with Gasteiger partial charge in [0.25, 0.3) is 0 Å². The zero-order valence-electron chi connectivity index (χ0n) is 8.99. The first-order chi connectivity index (χ1) is 7.77. The average Bonchev–Trinajstić information content (AvgIpc) is 2.73. The fourth-order valence-electron chi connectivity index (χ4n) is 0.996. The molecule has 0 amide bonds. The van der Waals surface area contributed by atoms with Crippen LogP contribution < -0.4 is 5.73 Å². The van der Waals surface area contributed by atoms with E-state index in [9.17, 15) is 4.79 Å². The van der Waals surface area contributed by atoms with E-state index in [-0.39, 0.29) is 5.97 Å². The smallest absolute Gasteiger partial charge is 0.315 e. The number of thioether (sulfide) groups is 1. The Morgan fingerprint density at radius 2 is 2.50 bits per heavy atom. The fraction of sp³-hybridized carbons (Fsp3) is 0.364. The van der Waals surface area contributed by atoms with Crippen LogP contribution in [0.3, 0.4) is 0 Å². The van der Waals surface area contributed by atoms with Crippen molar-refractivity contribution in [3.8, 4) is 11.8 Å². The van der Waals surface area contributed by atoms with E-state index in [0.717, 1.165) is 11.3 Å². The molecule has 0 aliphatic heterocycles. The standard InChI is InChI=1S/C11H13NO2S2/c1-14-11(13)8-15-7-10-9(3-2-5-12)4-6-16-10/h4,6H,5,7-8,12H2,1H3. The Morgan fingerprint density at radius 1 is 1.69 bits per heavy atom. The molecule has 0 fully saturated rings. The van der Waals surface area contributed by atoms with Crippen molar-refractivity contribution in [2.24, 2.45) is 5.73 Å². The van der Waals surface area contributed by atoms with Crippen molar-refractivity contribution in [3.63, 3.8) is 0 Å². The van der Waals surface area contributed by atoms with E-state index in [4.69, 9.17) is 5.73 Å². The van der Waals surface area contributed by atoms with Gasteiger partial charge in [-0.05, 0) is 11.4 Å². The Balaban J connectivity index is 2.48. The SMILES string of the molecule is COC(=O)CSCc1sccc1C#CCN. The Bertz CT molecular complexity index is 404. The first-order valence-corrected chi connectivity index (χ1v) is 6.71. The second kappa shape index (κ2) is 7.34. The Labute approximate surface area is 103 Å². The third-order valence-electron chi connectivity index (χ3n) is 1.75. The number of hydrogen-bond acceptors (Lipinski definition) is 5. The summed E-state index contributed by atoms with van der Waals surface area (Å²) in [5.41, 5.74) is 6.32. The normalized spacial score (nSPS) is 9.38. The largest absolute Gasteiger partial charge is 0.468 e. The molecule has 1 heterocycles. The van der Waals surface area contributed by atoms with Crippen LogP contribution in [-0.2, 0) is 15.3 Å². The molecule has 3 nitrogen and oxygen atoms in total. The minimum absolute atomic E-state index is 0.198. The quantitative estimate of drug-likeness (QED) is 0.654. The van der Waals surface area contributed by atoms with Gasteiger partial charge in [-0.3, -0.25) is 4.79 Å². The summed E-state index contributed by atoms with van der Waals surface area (Å²) < 4.78 is 4.56. The van der Waals surface area contributed by atoms with E-state index >= 15 is 0 Å². The molecule has 0 saturated heterocycles. The minimum Gasteiger partial charge on any atom is -0.468 e. The molecule has 2 N–H and O–H groups in total. The maximum Gasteiger partial charge on any atom is 0.315 e. The topological polar surface area (TPSA) is 52.3 Å². The molecule has 0 unspecified atom stereocenters. The lowest BCUT2D eigenvalue weighted by molar-refractivity contribution is -0.137. The van der Waals surface area contributed by atoms with Crippen LogP contribution in [0, 0.1) is 11.8 Å². The predicted molar refractivity (Wildman–Crippen MR) is 68.4 cm³/mol. The molecule has 1 rings (SSSR count). The summed E-state index contributed by atoms with van der Waals surface area (Å²) in [6.07, 6.45) is 0. The van der Waals surface area contributed by atoms with Crippen LogP contribution in [0.4, 0.5) is 0 Å². The van der Waals surface area contributed by atoms with E-state index < -0.39 is 0 Å². The fourth-order valence-corrected chi connectivity index (χ4v) is 2.86. The first kappa shape index (κ1) is 13.1. The monoisotopic (exact) mass is 255 g/mol. The highest BCUT2D eigenvalue weighted by Gasteiger charge is 2.04. The third kappa shape index (κ3) is 4.27. The summed E-state index contributed by atoms with van der Waals surface area (Å²) in [7, 11) is 1.40. The molecule has 0 aromatic carbocycles. The van der Waals surface area contributed by atoms with Crippen molar-refractivity contribution < 1.29 is 9.53 Å². The molecule has 0 bridgehead atoms. The van der Waals surface area contributed by atoms with Gasteiger partial charge in [0.1, 0.15) is 0 Å². The van der Waals surface area contributed by atoms with Gasteiger partial charge in [0.05, 0.1) is 19.4 Å². The molecular formula is C11H13NO2S2. The maximum absolute atomic E-state index is 10.9. The van der Waals surface area contributed by atoms with Gasteiger partial charge >= 0.3 is 5.97 Å². The highest BCUT2D eigenvalue weighted by molar-refractivity contribution is 7.99. The molecule has 0 radical (unpaired) electrons.